The Kier molecular flexibility index (Phi) is 7.57. The van der Waals surface area contributed by atoms with Crippen LogP contribution in [0.25, 0.3) is 0 Å². The maximum absolute atomic E-state index is 11.8. The van der Waals surface area contributed by atoms with Gasteiger partial charge in [-0.05, 0) is 18.6 Å². The average Bonchev–Trinajstić information content (AvgIpc) is 2.52. The highest BCUT2D eigenvalue weighted by Gasteiger charge is 2.35. The van der Waals surface area contributed by atoms with Gasteiger partial charge in [0.2, 0.25) is 0 Å². The first-order valence-electron chi connectivity index (χ1n) is 7.60. The number of carbonyl (C=O) groups is 1. The third kappa shape index (κ3) is 7.68. The highest BCUT2D eigenvalue weighted by atomic mass is 32.2. The van der Waals surface area contributed by atoms with Crippen LogP contribution in [-0.2, 0) is 29.2 Å². The van der Waals surface area contributed by atoms with Crippen LogP contribution >= 0.6 is 0 Å². The Balaban J connectivity index is 2.51. The van der Waals surface area contributed by atoms with E-state index in [-0.39, 0.29) is 12.2 Å². The maximum Gasteiger partial charge on any atom is 0.333 e. The van der Waals surface area contributed by atoms with Gasteiger partial charge in [0.25, 0.3) is 10.1 Å². The van der Waals surface area contributed by atoms with Crippen molar-refractivity contribution in [2.45, 2.75) is 26.4 Å². The van der Waals surface area contributed by atoms with Crippen LogP contribution in [0.15, 0.2) is 30.3 Å². The molecule has 11 heteroatoms. The smallest absolute Gasteiger partial charge is 0.333 e. The molecule has 0 bridgehead atoms. The number of aliphatic hydroxyl groups is 1. The van der Waals surface area contributed by atoms with Crippen molar-refractivity contribution in [3.8, 4) is 5.75 Å². The summed E-state index contributed by atoms with van der Waals surface area (Å²) in [6, 6.07) is 7.78. The number of benzene rings is 1. The van der Waals surface area contributed by atoms with Gasteiger partial charge in [-0.3, -0.25) is 4.18 Å². The second-order valence-electron chi connectivity index (χ2n) is 6.27. The topological polar surface area (TPSA) is 144 Å². The van der Waals surface area contributed by atoms with Gasteiger partial charge in [0, 0.05) is 5.41 Å². The standard InChI is InChI=1S/C15H22O9S2/c1-15(2,13(16)14(17)18)11-23-25(19,20)9-6-10-26(21,22)24-12-7-4-3-5-8-12/h3-5,7-8,13,16H,6,9-11H2,1-2H3,(H,17,18). The van der Waals surface area contributed by atoms with Crippen LogP contribution in [0.3, 0.4) is 0 Å². The lowest BCUT2D eigenvalue weighted by Gasteiger charge is -2.26. The molecule has 1 atom stereocenters. The predicted molar refractivity (Wildman–Crippen MR) is 92.6 cm³/mol. The first kappa shape index (κ1) is 22.4. The van der Waals surface area contributed by atoms with Crippen LogP contribution in [0.1, 0.15) is 20.3 Å². The van der Waals surface area contributed by atoms with Gasteiger partial charge in [-0.1, -0.05) is 32.0 Å². The van der Waals surface area contributed by atoms with E-state index < -0.39 is 55.8 Å². The third-order valence-electron chi connectivity index (χ3n) is 3.34. The fourth-order valence-electron chi connectivity index (χ4n) is 1.79. The Morgan fingerprint density at radius 1 is 1.08 bits per heavy atom. The van der Waals surface area contributed by atoms with Gasteiger partial charge in [0.15, 0.2) is 6.10 Å². The van der Waals surface area contributed by atoms with Crippen LogP contribution in [-0.4, -0.2) is 57.2 Å². The number of hydrogen-bond donors (Lipinski definition) is 2. The molecule has 9 nitrogen and oxygen atoms in total. The summed E-state index contributed by atoms with van der Waals surface area (Å²) < 4.78 is 56.8. The van der Waals surface area contributed by atoms with E-state index >= 15 is 0 Å². The molecule has 0 saturated carbocycles. The molecule has 0 heterocycles. The second kappa shape index (κ2) is 8.80. The Bertz CT molecular complexity index is 799. The Morgan fingerprint density at radius 3 is 2.15 bits per heavy atom. The Hall–Kier alpha value is -1.69. The molecule has 0 aliphatic heterocycles. The summed E-state index contributed by atoms with van der Waals surface area (Å²) in [7, 11) is -8.06. The SMILES string of the molecule is CC(C)(COS(=O)(=O)CCCS(=O)(=O)Oc1ccccc1)C(O)C(=O)O. The van der Waals surface area contributed by atoms with Crippen molar-refractivity contribution in [3.63, 3.8) is 0 Å². The molecular weight excluding hydrogens is 388 g/mol. The van der Waals surface area contributed by atoms with Crippen molar-refractivity contribution >= 4 is 26.2 Å². The summed E-state index contributed by atoms with van der Waals surface area (Å²) in [5, 5.41) is 18.3. The number of para-hydroxylation sites is 1. The lowest BCUT2D eigenvalue weighted by molar-refractivity contribution is -0.154. The molecule has 0 spiro atoms. The van der Waals surface area contributed by atoms with Gasteiger partial charge in [-0.25, -0.2) is 4.79 Å². The summed E-state index contributed by atoms with van der Waals surface area (Å²) in [6.45, 7) is 2.11. The molecule has 0 aromatic heterocycles. The highest BCUT2D eigenvalue weighted by molar-refractivity contribution is 7.87. The Labute approximate surface area is 152 Å². The van der Waals surface area contributed by atoms with Gasteiger partial charge >= 0.3 is 16.1 Å². The molecule has 0 saturated heterocycles. The van der Waals surface area contributed by atoms with Crippen LogP contribution in [0.5, 0.6) is 5.75 Å². The fraction of sp³-hybridized carbons (Fsp3) is 0.533. The van der Waals surface area contributed by atoms with E-state index in [0.29, 0.717) is 0 Å². The zero-order valence-corrected chi connectivity index (χ0v) is 16.0. The van der Waals surface area contributed by atoms with E-state index in [2.05, 4.69) is 0 Å². The highest BCUT2D eigenvalue weighted by Crippen LogP contribution is 2.22. The number of carboxylic acid groups (broad SMARTS) is 1. The van der Waals surface area contributed by atoms with E-state index in [1.54, 1.807) is 18.2 Å². The van der Waals surface area contributed by atoms with E-state index in [4.69, 9.17) is 13.5 Å². The van der Waals surface area contributed by atoms with E-state index in [0.717, 1.165) is 0 Å². The molecule has 0 fully saturated rings. The lowest BCUT2D eigenvalue weighted by atomic mass is 9.88. The number of aliphatic hydroxyl groups excluding tert-OH is 1. The monoisotopic (exact) mass is 410 g/mol. The van der Waals surface area contributed by atoms with Crippen molar-refractivity contribution in [3.05, 3.63) is 30.3 Å². The maximum atomic E-state index is 11.8. The van der Waals surface area contributed by atoms with Gasteiger partial charge in [-0.2, -0.15) is 16.8 Å². The van der Waals surface area contributed by atoms with Gasteiger partial charge in [-0.15, -0.1) is 0 Å². The second-order valence-corrected chi connectivity index (χ2v) is 9.71. The molecule has 148 valence electrons. The molecule has 1 unspecified atom stereocenters. The summed E-state index contributed by atoms with van der Waals surface area (Å²) >= 11 is 0. The van der Waals surface area contributed by atoms with Crippen LogP contribution in [0, 0.1) is 5.41 Å². The Morgan fingerprint density at radius 2 is 1.62 bits per heavy atom. The van der Waals surface area contributed by atoms with Crippen molar-refractivity contribution in [1.82, 2.24) is 0 Å². The minimum Gasteiger partial charge on any atom is -0.479 e. The molecule has 0 radical (unpaired) electrons. The average molecular weight is 410 g/mol. The fourth-order valence-corrected chi connectivity index (χ4v) is 4.06. The zero-order chi connectivity index (χ0) is 20.0. The zero-order valence-electron chi connectivity index (χ0n) is 14.4. The molecule has 2 N–H and O–H groups in total. The molecule has 1 aromatic rings. The largest absolute Gasteiger partial charge is 0.479 e. The van der Waals surface area contributed by atoms with Crippen molar-refractivity contribution in [1.29, 1.82) is 0 Å². The molecule has 26 heavy (non-hydrogen) atoms. The van der Waals surface area contributed by atoms with Crippen molar-refractivity contribution in [2.75, 3.05) is 18.1 Å². The van der Waals surface area contributed by atoms with Crippen LogP contribution in [0.2, 0.25) is 0 Å². The van der Waals surface area contributed by atoms with E-state index in [1.165, 1.54) is 26.0 Å². The van der Waals surface area contributed by atoms with E-state index in [1.807, 2.05) is 0 Å². The summed E-state index contributed by atoms with van der Waals surface area (Å²) in [5.74, 6) is -2.51. The first-order valence-corrected chi connectivity index (χ1v) is 10.8. The van der Waals surface area contributed by atoms with Gasteiger partial charge in [0.1, 0.15) is 5.75 Å². The molecule has 1 rings (SSSR count). The molecule has 0 aliphatic rings. The van der Waals surface area contributed by atoms with E-state index in [9.17, 15) is 26.7 Å². The van der Waals surface area contributed by atoms with Crippen LogP contribution in [0.4, 0.5) is 0 Å². The molecule has 0 amide bonds. The quantitative estimate of drug-likeness (QED) is 0.501. The normalized spacial score (nSPS) is 14.0. The van der Waals surface area contributed by atoms with Crippen LogP contribution < -0.4 is 4.18 Å². The number of hydrogen-bond acceptors (Lipinski definition) is 8. The number of carboxylic acids is 1. The predicted octanol–water partition coefficient (Wildman–Crippen LogP) is 0.603. The van der Waals surface area contributed by atoms with Gasteiger partial charge < -0.3 is 14.4 Å². The number of aliphatic carboxylic acids is 1. The summed E-state index contributed by atoms with van der Waals surface area (Å²) in [5.41, 5.74) is -1.35. The van der Waals surface area contributed by atoms with Crippen molar-refractivity contribution < 1.29 is 40.2 Å². The summed E-state index contributed by atoms with van der Waals surface area (Å²) in [4.78, 5) is 10.8. The van der Waals surface area contributed by atoms with Gasteiger partial charge in [0.05, 0.1) is 18.1 Å². The minimum atomic E-state index is -4.09. The molecule has 1 aromatic carbocycles. The van der Waals surface area contributed by atoms with Crippen molar-refractivity contribution in [2.24, 2.45) is 5.41 Å². The number of rotatable bonds is 11. The molecular formula is C15H22O9S2. The minimum absolute atomic E-state index is 0.121. The third-order valence-corrected chi connectivity index (χ3v) is 5.84. The molecule has 0 aliphatic carbocycles. The summed E-state index contributed by atoms with van der Waals surface area (Å²) in [6.07, 6.45) is -2.07. The first-order chi connectivity index (χ1) is 11.8. The lowest BCUT2D eigenvalue weighted by Crippen LogP contribution is -2.40.